The Bertz CT molecular complexity index is 675. The van der Waals surface area contributed by atoms with Crippen LogP contribution >= 0.6 is 0 Å². The molecule has 2 N–H and O–H groups in total. The lowest BCUT2D eigenvalue weighted by Crippen LogP contribution is -2.31. The largest absolute Gasteiger partial charge is 0.481 e. The van der Waals surface area contributed by atoms with Crippen LogP contribution in [0.2, 0.25) is 0 Å². The predicted molar refractivity (Wildman–Crippen MR) is 105 cm³/mol. The maximum absolute atomic E-state index is 11.0. The number of nitrogens with one attached hydrogen (secondary N) is 1. The molecule has 0 aromatic heterocycles. The second kappa shape index (κ2) is 9.54. The number of aliphatic carboxylic acids is 1. The number of hydrogen-bond donors (Lipinski definition) is 2. The van der Waals surface area contributed by atoms with Crippen LogP contribution in [0.4, 0.5) is 0 Å². The van der Waals surface area contributed by atoms with Crippen LogP contribution in [0.1, 0.15) is 61.1 Å². The van der Waals surface area contributed by atoms with Gasteiger partial charge in [0.15, 0.2) is 0 Å². The van der Waals surface area contributed by atoms with Crippen LogP contribution in [-0.4, -0.2) is 17.1 Å². The Morgan fingerprint density at radius 2 is 1.69 bits per heavy atom. The van der Waals surface area contributed by atoms with E-state index in [1.165, 1.54) is 42.4 Å². The zero-order chi connectivity index (χ0) is 18.2. The zero-order valence-electron chi connectivity index (χ0n) is 15.4. The second-order valence-electron chi connectivity index (χ2n) is 7.42. The molecule has 1 unspecified atom stereocenters. The lowest BCUT2D eigenvalue weighted by atomic mass is 9.96. The molecule has 2 aromatic carbocycles. The summed E-state index contributed by atoms with van der Waals surface area (Å²) in [6, 6.07) is 19.4. The molecule has 1 aliphatic rings. The molecule has 0 amide bonds. The van der Waals surface area contributed by atoms with Gasteiger partial charge in [-0.2, -0.15) is 0 Å². The molecule has 0 aliphatic heterocycles. The topological polar surface area (TPSA) is 49.3 Å². The van der Waals surface area contributed by atoms with Crippen molar-refractivity contribution < 1.29 is 9.90 Å². The molecule has 0 spiro atoms. The smallest absolute Gasteiger partial charge is 0.303 e. The molecular weight excluding hydrogens is 322 g/mol. The molecule has 3 rings (SSSR count). The molecule has 1 atom stereocenters. The van der Waals surface area contributed by atoms with Crippen molar-refractivity contribution >= 4 is 5.97 Å². The molecule has 0 bridgehead atoms. The molecular formula is C23H29NO2. The Morgan fingerprint density at radius 3 is 2.35 bits per heavy atom. The summed E-state index contributed by atoms with van der Waals surface area (Å²) in [5, 5.41) is 12.6. The first-order valence-corrected chi connectivity index (χ1v) is 9.78. The highest BCUT2D eigenvalue weighted by molar-refractivity contribution is 5.66. The highest BCUT2D eigenvalue weighted by atomic mass is 16.4. The monoisotopic (exact) mass is 351 g/mol. The predicted octanol–water partition coefficient (Wildman–Crippen LogP) is 4.91. The Labute approximate surface area is 156 Å². The average molecular weight is 351 g/mol. The molecule has 3 nitrogen and oxygen atoms in total. The first kappa shape index (κ1) is 18.7. The van der Waals surface area contributed by atoms with Crippen LogP contribution in [0.3, 0.4) is 0 Å². The second-order valence-corrected chi connectivity index (χ2v) is 7.42. The summed E-state index contributed by atoms with van der Waals surface area (Å²) in [4.78, 5) is 11.0. The molecule has 3 heteroatoms. The van der Waals surface area contributed by atoms with Gasteiger partial charge in [0.05, 0.1) is 0 Å². The van der Waals surface area contributed by atoms with Crippen molar-refractivity contribution in [1.82, 2.24) is 5.32 Å². The van der Waals surface area contributed by atoms with Gasteiger partial charge in [0.1, 0.15) is 0 Å². The van der Waals surface area contributed by atoms with E-state index in [1.807, 2.05) is 18.2 Å². The Morgan fingerprint density at radius 1 is 1.00 bits per heavy atom. The molecule has 1 fully saturated rings. The van der Waals surface area contributed by atoms with Crippen molar-refractivity contribution in [2.24, 2.45) is 0 Å². The van der Waals surface area contributed by atoms with Crippen LogP contribution in [0, 0.1) is 0 Å². The van der Waals surface area contributed by atoms with Gasteiger partial charge in [-0.25, -0.2) is 0 Å². The normalized spacial score (nSPS) is 15.8. The highest BCUT2D eigenvalue weighted by Crippen LogP contribution is 2.33. The fraction of sp³-hybridized carbons (Fsp3) is 0.435. The standard InChI is InChI=1S/C23H29NO2/c25-23(26)15-14-22(16-18-6-2-1-3-7-18)24-17-19-10-12-21(13-11-19)20-8-4-5-9-20/h1-3,6-7,10-13,20,22,24H,4-5,8-9,14-17H2,(H,25,26). The lowest BCUT2D eigenvalue weighted by molar-refractivity contribution is -0.137. The van der Waals surface area contributed by atoms with Crippen LogP contribution in [0.25, 0.3) is 0 Å². The maximum atomic E-state index is 11.0. The SMILES string of the molecule is O=C(O)CCC(Cc1ccccc1)NCc1ccc(C2CCCC2)cc1. The molecule has 0 heterocycles. The van der Waals surface area contributed by atoms with Gasteiger partial charge in [-0.05, 0) is 48.3 Å². The summed E-state index contributed by atoms with van der Waals surface area (Å²) in [6.07, 6.45) is 7.07. The van der Waals surface area contributed by atoms with Crippen molar-refractivity contribution in [2.75, 3.05) is 0 Å². The van der Waals surface area contributed by atoms with Crippen LogP contribution in [0.5, 0.6) is 0 Å². The van der Waals surface area contributed by atoms with E-state index in [9.17, 15) is 4.79 Å². The number of carboxylic acids is 1. The first-order valence-electron chi connectivity index (χ1n) is 9.78. The summed E-state index contributed by atoms with van der Waals surface area (Å²) in [5.74, 6) is 0.0178. The maximum Gasteiger partial charge on any atom is 0.303 e. The van der Waals surface area contributed by atoms with Crippen molar-refractivity contribution in [3.63, 3.8) is 0 Å². The summed E-state index contributed by atoms with van der Waals surface area (Å²) in [6.45, 7) is 0.780. The van der Waals surface area contributed by atoms with Gasteiger partial charge < -0.3 is 10.4 Å². The highest BCUT2D eigenvalue weighted by Gasteiger charge is 2.17. The molecule has 2 aromatic rings. The van der Waals surface area contributed by atoms with E-state index in [2.05, 4.69) is 41.7 Å². The van der Waals surface area contributed by atoms with E-state index in [0.717, 1.165) is 18.9 Å². The fourth-order valence-corrected chi connectivity index (χ4v) is 3.90. The third kappa shape index (κ3) is 5.70. The number of carbonyl (C=O) groups is 1. The third-order valence-electron chi connectivity index (χ3n) is 5.43. The quantitative estimate of drug-likeness (QED) is 0.675. The fourth-order valence-electron chi connectivity index (χ4n) is 3.90. The van der Waals surface area contributed by atoms with E-state index in [4.69, 9.17) is 5.11 Å². The molecule has 0 saturated heterocycles. The van der Waals surface area contributed by atoms with Gasteiger partial charge in [0.25, 0.3) is 0 Å². The van der Waals surface area contributed by atoms with Gasteiger partial charge in [0.2, 0.25) is 0 Å². The summed E-state index contributed by atoms with van der Waals surface area (Å²) < 4.78 is 0. The van der Waals surface area contributed by atoms with E-state index >= 15 is 0 Å². The Balaban J connectivity index is 1.56. The lowest BCUT2D eigenvalue weighted by Gasteiger charge is -2.19. The summed E-state index contributed by atoms with van der Waals surface area (Å²) in [5.41, 5.74) is 3.98. The minimum Gasteiger partial charge on any atom is -0.481 e. The van der Waals surface area contributed by atoms with Crippen LogP contribution in [0.15, 0.2) is 54.6 Å². The number of carboxylic acid groups (broad SMARTS) is 1. The molecule has 1 aliphatic carbocycles. The van der Waals surface area contributed by atoms with Crippen LogP contribution < -0.4 is 5.32 Å². The molecule has 26 heavy (non-hydrogen) atoms. The summed E-state index contributed by atoms with van der Waals surface area (Å²) in [7, 11) is 0. The van der Waals surface area contributed by atoms with E-state index in [0.29, 0.717) is 6.42 Å². The van der Waals surface area contributed by atoms with E-state index in [-0.39, 0.29) is 12.5 Å². The van der Waals surface area contributed by atoms with E-state index < -0.39 is 5.97 Å². The van der Waals surface area contributed by atoms with Gasteiger partial charge >= 0.3 is 5.97 Å². The Kier molecular flexibility index (Phi) is 6.84. The Hall–Kier alpha value is -2.13. The number of rotatable bonds is 9. The van der Waals surface area contributed by atoms with Crippen molar-refractivity contribution in [1.29, 1.82) is 0 Å². The first-order chi connectivity index (χ1) is 12.7. The minimum absolute atomic E-state index is 0.169. The van der Waals surface area contributed by atoms with Gasteiger partial charge in [-0.3, -0.25) is 4.79 Å². The van der Waals surface area contributed by atoms with Crippen molar-refractivity contribution in [3.8, 4) is 0 Å². The number of benzene rings is 2. The number of hydrogen-bond acceptors (Lipinski definition) is 2. The zero-order valence-corrected chi connectivity index (χ0v) is 15.4. The average Bonchev–Trinajstić information content (AvgIpc) is 3.20. The molecule has 0 radical (unpaired) electrons. The third-order valence-corrected chi connectivity index (χ3v) is 5.43. The van der Waals surface area contributed by atoms with E-state index in [1.54, 1.807) is 0 Å². The van der Waals surface area contributed by atoms with Gasteiger partial charge in [0, 0.05) is 19.0 Å². The van der Waals surface area contributed by atoms with Gasteiger partial charge in [-0.1, -0.05) is 67.4 Å². The molecule has 138 valence electrons. The van der Waals surface area contributed by atoms with Gasteiger partial charge in [-0.15, -0.1) is 0 Å². The van der Waals surface area contributed by atoms with Crippen molar-refractivity contribution in [3.05, 3.63) is 71.3 Å². The van der Waals surface area contributed by atoms with Crippen LogP contribution in [-0.2, 0) is 17.8 Å². The van der Waals surface area contributed by atoms with Crippen molar-refractivity contribution in [2.45, 2.75) is 63.5 Å². The summed E-state index contributed by atoms with van der Waals surface area (Å²) >= 11 is 0. The molecule has 1 saturated carbocycles. The minimum atomic E-state index is -0.731.